The van der Waals surface area contributed by atoms with E-state index >= 15 is 0 Å². The summed E-state index contributed by atoms with van der Waals surface area (Å²) in [6.07, 6.45) is 2.12. The Balaban J connectivity index is 1.85. The van der Waals surface area contributed by atoms with E-state index in [-0.39, 0.29) is 73.7 Å². The number of ketones is 4. The summed E-state index contributed by atoms with van der Waals surface area (Å²) in [5.41, 5.74) is -0.333. The van der Waals surface area contributed by atoms with E-state index in [1.165, 1.54) is 6.92 Å². The Kier molecular flexibility index (Phi) is 19.3. The number of aliphatic hydroxyl groups is 1. The van der Waals surface area contributed by atoms with Gasteiger partial charge in [0.05, 0.1) is 32.1 Å². The van der Waals surface area contributed by atoms with Crippen molar-refractivity contribution in [2.75, 3.05) is 45.7 Å². The molecule has 0 aromatic heterocycles. The van der Waals surface area contributed by atoms with Crippen LogP contribution in [-0.4, -0.2) is 105 Å². The Hall–Kier alpha value is -3.62. The molecule has 0 aliphatic carbocycles. The third-order valence-electron chi connectivity index (χ3n) is 10.3. The summed E-state index contributed by atoms with van der Waals surface area (Å²) in [5, 5.41) is 14.0. The maximum absolute atomic E-state index is 14.3. The minimum absolute atomic E-state index is 0.0117. The van der Waals surface area contributed by atoms with Crippen LogP contribution >= 0.6 is 0 Å². The van der Waals surface area contributed by atoms with E-state index in [4.69, 9.17) is 8.92 Å². The maximum Gasteiger partial charge on any atom is 0.264 e. The van der Waals surface area contributed by atoms with Gasteiger partial charge < -0.3 is 15.2 Å². The number of aryl methyl sites for hydroxylation is 1. The predicted molar refractivity (Wildman–Crippen MR) is 219 cm³/mol. The summed E-state index contributed by atoms with van der Waals surface area (Å²) in [5.74, 6) is -4.36. The molecule has 0 saturated carbocycles. The molecule has 1 amide bonds. The van der Waals surface area contributed by atoms with Crippen LogP contribution in [0.15, 0.2) is 60.7 Å². The fraction of sp³-hybridized carbons (Fsp3) is 0.614. The van der Waals surface area contributed by atoms with Gasteiger partial charge in [0, 0.05) is 50.1 Å². The quantitative estimate of drug-likeness (QED) is 0.125. The normalized spacial score (nSPS) is 17.0. The van der Waals surface area contributed by atoms with Crippen molar-refractivity contribution in [2.24, 2.45) is 29.6 Å². The van der Waals surface area contributed by atoms with Gasteiger partial charge in [-0.3, -0.25) is 33.1 Å². The molecule has 1 unspecified atom stereocenters. The molecule has 12 nitrogen and oxygen atoms in total. The topological polar surface area (TPSA) is 173 Å². The van der Waals surface area contributed by atoms with Crippen LogP contribution in [0.4, 0.5) is 0 Å². The molecule has 2 N–H and O–H groups in total. The van der Waals surface area contributed by atoms with Gasteiger partial charge in [-0.1, -0.05) is 88.4 Å². The van der Waals surface area contributed by atoms with Crippen LogP contribution in [0.1, 0.15) is 84.3 Å². The molecule has 57 heavy (non-hydrogen) atoms. The molecule has 1 aliphatic heterocycles. The van der Waals surface area contributed by atoms with Crippen molar-refractivity contribution in [3.8, 4) is 0 Å². The van der Waals surface area contributed by atoms with Crippen LogP contribution < -0.4 is 5.32 Å². The van der Waals surface area contributed by atoms with Crippen molar-refractivity contribution >= 4 is 39.2 Å². The fourth-order valence-corrected chi connectivity index (χ4v) is 7.71. The number of hydrogen-bond acceptors (Lipinski definition) is 11. The maximum atomic E-state index is 14.3. The van der Waals surface area contributed by atoms with Crippen LogP contribution in [0.3, 0.4) is 0 Å². The number of carbonyl (C=O) groups is 5. The highest BCUT2D eigenvalue weighted by atomic mass is 32.2. The van der Waals surface area contributed by atoms with Crippen molar-refractivity contribution in [2.45, 2.75) is 97.6 Å². The molecule has 1 fully saturated rings. The highest BCUT2D eigenvalue weighted by Crippen LogP contribution is 2.28. The fourth-order valence-electron chi connectivity index (χ4n) is 7.27. The van der Waals surface area contributed by atoms with Crippen molar-refractivity contribution < 1.29 is 46.4 Å². The number of benzene rings is 2. The van der Waals surface area contributed by atoms with Crippen molar-refractivity contribution in [1.82, 2.24) is 10.2 Å². The molecule has 2 aromatic carbocycles. The zero-order valence-corrected chi connectivity index (χ0v) is 35.4. The molecule has 1 aliphatic rings. The molecular weight excluding hydrogens is 749 g/mol. The summed E-state index contributed by atoms with van der Waals surface area (Å²) in [6.45, 7) is 10.6. The van der Waals surface area contributed by atoms with E-state index < -0.39 is 51.9 Å². The highest BCUT2D eigenvalue weighted by molar-refractivity contribution is 7.86. The third-order valence-corrected chi connectivity index (χ3v) is 10.8. The number of hydrogen-bond donors (Lipinski definition) is 2. The third kappa shape index (κ3) is 17.8. The van der Waals surface area contributed by atoms with Crippen molar-refractivity contribution in [1.29, 1.82) is 0 Å². The van der Waals surface area contributed by atoms with Gasteiger partial charge in [0.15, 0.2) is 11.6 Å². The Morgan fingerprint density at radius 3 is 1.93 bits per heavy atom. The molecule has 2 aromatic rings. The Bertz CT molecular complexity index is 1710. The average Bonchev–Trinajstić information content (AvgIpc) is 3.15. The van der Waals surface area contributed by atoms with Crippen molar-refractivity contribution in [3.05, 3.63) is 71.8 Å². The lowest BCUT2D eigenvalue weighted by molar-refractivity contribution is -0.145. The van der Waals surface area contributed by atoms with Crippen LogP contribution in [0.2, 0.25) is 0 Å². The van der Waals surface area contributed by atoms with Gasteiger partial charge in [0.25, 0.3) is 10.1 Å². The second kappa shape index (κ2) is 23.1. The Labute approximate surface area is 339 Å². The number of nitrogens with one attached hydrogen (secondary N) is 1. The number of amides is 1. The van der Waals surface area contributed by atoms with E-state index in [1.54, 1.807) is 0 Å². The summed E-state index contributed by atoms with van der Waals surface area (Å²) < 4.78 is 33.5. The van der Waals surface area contributed by atoms with Gasteiger partial charge in [-0.15, -0.1) is 0 Å². The van der Waals surface area contributed by atoms with E-state index in [1.807, 2.05) is 93.3 Å². The molecular formula is C44H64N2O10S. The Morgan fingerprint density at radius 2 is 1.37 bits per heavy atom. The largest absolute Gasteiger partial charge is 0.380 e. The summed E-state index contributed by atoms with van der Waals surface area (Å²) in [6, 6.07) is 18.0. The number of morpholine rings is 1. The second-order valence-electron chi connectivity index (χ2n) is 16.7. The molecule has 0 spiro atoms. The van der Waals surface area contributed by atoms with Crippen LogP contribution in [0.5, 0.6) is 0 Å². The molecule has 5 atom stereocenters. The summed E-state index contributed by atoms with van der Waals surface area (Å²) in [7, 11) is -3.95. The number of nitrogens with zero attached hydrogens (tertiary/aromatic N) is 1. The molecule has 3 rings (SSSR count). The van der Waals surface area contributed by atoms with E-state index in [0.717, 1.165) is 17.4 Å². The molecule has 316 valence electrons. The smallest absolute Gasteiger partial charge is 0.264 e. The lowest BCUT2D eigenvalue weighted by Crippen LogP contribution is -2.47. The first kappa shape index (κ1) is 47.8. The lowest BCUT2D eigenvalue weighted by atomic mass is 9.78. The van der Waals surface area contributed by atoms with Gasteiger partial charge in [-0.05, 0) is 62.0 Å². The van der Waals surface area contributed by atoms with Gasteiger partial charge in [-0.25, -0.2) is 0 Å². The van der Waals surface area contributed by atoms with Crippen LogP contribution in [0.25, 0.3) is 0 Å². The molecule has 1 heterocycles. The first-order chi connectivity index (χ1) is 26.8. The number of Topliss-reactive ketones (excluding diaryl/α,β-unsaturated/α-hetero) is 4. The zero-order chi connectivity index (χ0) is 42.2. The zero-order valence-electron chi connectivity index (χ0n) is 34.6. The monoisotopic (exact) mass is 812 g/mol. The number of ether oxygens (including phenoxy) is 1. The van der Waals surface area contributed by atoms with Gasteiger partial charge >= 0.3 is 0 Å². The second-order valence-corrected chi connectivity index (χ2v) is 18.3. The number of carbonyl (C=O) groups excluding carboxylic acids is 5. The van der Waals surface area contributed by atoms with E-state index in [2.05, 4.69) is 5.32 Å². The predicted octanol–water partition coefficient (Wildman–Crippen LogP) is 4.79. The van der Waals surface area contributed by atoms with Crippen molar-refractivity contribution in [3.63, 3.8) is 0 Å². The molecule has 1 saturated heterocycles. The standard InChI is InChI=1S/C44H64N2O10S/c1-31(2)23-37(42(50)44(5,52)30-56-57(6,53)54)28-40(48)36(25-34-15-11-8-12-16-34)27-41(49)39(24-32(3)4)45-43(51)35(18-17-33-13-9-7-10-14-33)26-38(47)29-46-19-21-55-22-20-46/h7-16,31-32,35-37,39,52H,17-30H2,1-6H3,(H,45,51)/t35-,36-,37-,39+,44?/m1/s1. The highest BCUT2D eigenvalue weighted by Gasteiger charge is 2.40. The summed E-state index contributed by atoms with van der Waals surface area (Å²) in [4.78, 5) is 71.7. The van der Waals surface area contributed by atoms with Gasteiger partial charge in [0.2, 0.25) is 5.91 Å². The number of rotatable bonds is 26. The van der Waals surface area contributed by atoms with E-state index in [9.17, 15) is 37.5 Å². The van der Waals surface area contributed by atoms with E-state index in [0.29, 0.717) is 45.6 Å². The lowest BCUT2D eigenvalue weighted by Gasteiger charge is -2.29. The summed E-state index contributed by atoms with van der Waals surface area (Å²) >= 11 is 0. The minimum atomic E-state index is -3.95. The molecule has 0 bridgehead atoms. The minimum Gasteiger partial charge on any atom is -0.380 e. The SMILES string of the molecule is CC(C)C[C@H](CC(=O)[C@@H](CC(=O)[C@H](CC(C)C)NC(=O)[C@H](CCc1ccccc1)CC(=O)CN1CCOCC1)Cc1ccccc1)C(=O)C(C)(O)COS(C)(=O)=O. The molecule has 0 radical (unpaired) electrons. The van der Waals surface area contributed by atoms with Crippen LogP contribution in [0, 0.1) is 29.6 Å². The van der Waals surface area contributed by atoms with Gasteiger partial charge in [0.1, 0.15) is 23.8 Å². The van der Waals surface area contributed by atoms with Crippen LogP contribution in [-0.2, 0) is 55.9 Å². The Morgan fingerprint density at radius 1 is 0.807 bits per heavy atom. The average molecular weight is 813 g/mol. The molecule has 13 heteroatoms. The first-order valence-electron chi connectivity index (χ1n) is 20.2. The first-order valence-corrected chi connectivity index (χ1v) is 22.0. The van der Waals surface area contributed by atoms with Gasteiger partial charge in [-0.2, -0.15) is 8.42 Å².